The number of benzene rings is 1. The lowest BCUT2D eigenvalue weighted by Gasteiger charge is -2.00. The Bertz CT molecular complexity index is 439. The third kappa shape index (κ3) is 5.50. The van der Waals surface area contributed by atoms with Crippen LogP contribution >= 0.6 is 0 Å². The Kier molecular flexibility index (Phi) is 5.17. The maximum atomic E-state index is 11.1. The Labute approximate surface area is 102 Å². The number of aromatic hydroxyl groups is 1. The molecule has 0 spiro atoms. The van der Waals surface area contributed by atoms with Gasteiger partial charge in [0.25, 0.3) is 5.09 Å². The summed E-state index contributed by atoms with van der Waals surface area (Å²) in [5, 5.41) is 17.9. The molecule has 0 amide bonds. The maximum Gasteiger partial charge on any atom is 0.330 e. The van der Waals surface area contributed by atoms with Crippen molar-refractivity contribution in [1.29, 1.82) is 0 Å². The smallest absolute Gasteiger partial charge is 0.330 e. The van der Waals surface area contributed by atoms with Crippen molar-refractivity contribution in [2.45, 2.75) is 0 Å². The molecule has 0 aliphatic rings. The Balaban J connectivity index is 2.31. The van der Waals surface area contributed by atoms with E-state index in [1.54, 1.807) is 12.1 Å². The minimum Gasteiger partial charge on any atom is -0.508 e. The van der Waals surface area contributed by atoms with Crippen LogP contribution in [0.5, 0.6) is 5.75 Å². The quantitative estimate of drug-likeness (QED) is 0.268. The number of hydrogen-bond acceptors (Lipinski definition) is 6. The molecule has 7 heteroatoms. The lowest BCUT2D eigenvalue weighted by molar-refractivity contribution is -0.757. The molecule has 0 fully saturated rings. The molecule has 0 aliphatic carbocycles. The number of hydrogen-bond donors (Lipinski definition) is 1. The number of carbonyl (C=O) groups is 1. The summed E-state index contributed by atoms with van der Waals surface area (Å²) in [5.74, 6) is -0.498. The van der Waals surface area contributed by atoms with Gasteiger partial charge in [0, 0.05) is 6.08 Å². The summed E-state index contributed by atoms with van der Waals surface area (Å²) in [4.78, 5) is 24.9. The van der Waals surface area contributed by atoms with Gasteiger partial charge in [-0.3, -0.25) is 0 Å². The van der Waals surface area contributed by atoms with E-state index in [2.05, 4.69) is 9.57 Å². The first kappa shape index (κ1) is 13.5. The average Bonchev–Trinajstić information content (AvgIpc) is 2.34. The molecule has 1 aromatic rings. The molecule has 0 aliphatic heterocycles. The number of phenols is 1. The van der Waals surface area contributed by atoms with Gasteiger partial charge in [-0.05, 0) is 23.8 Å². The van der Waals surface area contributed by atoms with Gasteiger partial charge < -0.3 is 14.7 Å². The fraction of sp³-hybridized carbons (Fsp3) is 0.182. The summed E-state index contributed by atoms with van der Waals surface area (Å²) < 4.78 is 4.63. The zero-order valence-corrected chi connectivity index (χ0v) is 9.31. The highest BCUT2D eigenvalue weighted by Crippen LogP contribution is 2.10. The maximum absolute atomic E-state index is 11.1. The standard InChI is InChI=1S/C11H11NO6/c13-10-4-1-9(2-5-10)3-6-11(14)17-7-8-18-12(15)16/h1-6,13H,7-8H2. The molecule has 0 unspecified atom stereocenters. The number of nitrogens with zero attached hydrogens (tertiary/aromatic N) is 1. The fourth-order valence-corrected chi connectivity index (χ4v) is 1.05. The molecule has 1 rings (SSSR count). The Hall–Kier alpha value is -2.57. The van der Waals surface area contributed by atoms with Crippen LogP contribution in [0.1, 0.15) is 5.56 Å². The molecular formula is C11H11NO6. The highest BCUT2D eigenvalue weighted by atomic mass is 17.0. The van der Waals surface area contributed by atoms with E-state index in [4.69, 9.17) is 5.11 Å². The molecule has 7 nitrogen and oxygen atoms in total. The van der Waals surface area contributed by atoms with Crippen molar-refractivity contribution >= 4 is 12.0 Å². The van der Waals surface area contributed by atoms with Crippen molar-refractivity contribution in [2.24, 2.45) is 0 Å². The zero-order valence-electron chi connectivity index (χ0n) is 9.31. The summed E-state index contributed by atoms with van der Waals surface area (Å²) in [6.45, 7) is -0.495. The minimum atomic E-state index is -0.958. The van der Waals surface area contributed by atoms with E-state index < -0.39 is 11.1 Å². The zero-order chi connectivity index (χ0) is 13.4. The number of ether oxygens (including phenoxy) is 1. The fourth-order valence-electron chi connectivity index (χ4n) is 1.05. The van der Waals surface area contributed by atoms with E-state index in [0.29, 0.717) is 5.56 Å². The first-order chi connectivity index (χ1) is 8.58. The van der Waals surface area contributed by atoms with Crippen LogP contribution in [0.4, 0.5) is 0 Å². The normalized spacial score (nSPS) is 10.2. The number of phenolic OH excluding ortho intramolecular Hbond substituents is 1. The SMILES string of the molecule is O=C(C=Cc1ccc(O)cc1)OCCO[N+](=O)[O-]. The van der Waals surface area contributed by atoms with Gasteiger partial charge in [-0.2, -0.15) is 0 Å². The van der Waals surface area contributed by atoms with Gasteiger partial charge in [-0.1, -0.05) is 12.1 Å². The number of rotatable bonds is 6. The van der Waals surface area contributed by atoms with Gasteiger partial charge in [-0.25, -0.2) is 4.79 Å². The third-order valence-corrected chi connectivity index (χ3v) is 1.83. The van der Waals surface area contributed by atoms with E-state index in [-0.39, 0.29) is 19.0 Å². The van der Waals surface area contributed by atoms with E-state index >= 15 is 0 Å². The monoisotopic (exact) mass is 253 g/mol. The molecule has 18 heavy (non-hydrogen) atoms. The second kappa shape index (κ2) is 6.89. The first-order valence-corrected chi connectivity index (χ1v) is 4.99. The van der Waals surface area contributed by atoms with Gasteiger partial charge in [0.05, 0.1) is 0 Å². The number of esters is 1. The average molecular weight is 253 g/mol. The van der Waals surface area contributed by atoms with E-state index in [9.17, 15) is 14.9 Å². The lowest BCUT2D eigenvalue weighted by atomic mass is 10.2. The summed E-state index contributed by atoms with van der Waals surface area (Å²) in [6, 6.07) is 6.20. The molecule has 1 aromatic carbocycles. The minimum absolute atomic E-state index is 0.131. The molecule has 1 N–H and O–H groups in total. The third-order valence-electron chi connectivity index (χ3n) is 1.83. The Morgan fingerprint density at radius 1 is 1.33 bits per heavy atom. The molecule has 0 aromatic heterocycles. The van der Waals surface area contributed by atoms with Crippen molar-refractivity contribution < 1.29 is 24.6 Å². The van der Waals surface area contributed by atoms with E-state index in [1.807, 2.05) is 0 Å². The van der Waals surface area contributed by atoms with E-state index in [0.717, 1.165) is 0 Å². The lowest BCUT2D eigenvalue weighted by Crippen LogP contribution is -2.11. The highest BCUT2D eigenvalue weighted by molar-refractivity contribution is 5.87. The molecular weight excluding hydrogens is 242 g/mol. The Morgan fingerprint density at radius 3 is 2.61 bits per heavy atom. The highest BCUT2D eigenvalue weighted by Gasteiger charge is 1.99. The van der Waals surface area contributed by atoms with Crippen LogP contribution < -0.4 is 0 Å². The summed E-state index contributed by atoms with van der Waals surface area (Å²) in [7, 11) is 0. The van der Waals surface area contributed by atoms with Gasteiger partial charge in [0.15, 0.2) is 0 Å². The molecule has 0 atom stereocenters. The van der Waals surface area contributed by atoms with Crippen molar-refractivity contribution in [1.82, 2.24) is 0 Å². The first-order valence-electron chi connectivity index (χ1n) is 4.99. The van der Waals surface area contributed by atoms with Crippen molar-refractivity contribution in [3.63, 3.8) is 0 Å². The predicted molar refractivity (Wildman–Crippen MR) is 61.0 cm³/mol. The van der Waals surface area contributed by atoms with Crippen molar-refractivity contribution in [3.8, 4) is 5.75 Å². The van der Waals surface area contributed by atoms with Gasteiger partial charge in [0.1, 0.15) is 19.0 Å². The van der Waals surface area contributed by atoms with Crippen LogP contribution in [-0.2, 0) is 14.4 Å². The van der Waals surface area contributed by atoms with Crippen LogP contribution in [0, 0.1) is 10.1 Å². The van der Waals surface area contributed by atoms with Crippen LogP contribution in [0.25, 0.3) is 6.08 Å². The summed E-state index contributed by atoms with van der Waals surface area (Å²) >= 11 is 0. The van der Waals surface area contributed by atoms with Crippen molar-refractivity contribution in [2.75, 3.05) is 13.2 Å². The van der Waals surface area contributed by atoms with Crippen LogP contribution in [0.3, 0.4) is 0 Å². The molecule has 0 saturated carbocycles. The second-order valence-corrected chi connectivity index (χ2v) is 3.15. The second-order valence-electron chi connectivity index (χ2n) is 3.15. The largest absolute Gasteiger partial charge is 0.508 e. The van der Waals surface area contributed by atoms with Crippen molar-refractivity contribution in [3.05, 3.63) is 46.0 Å². The predicted octanol–water partition coefficient (Wildman–Crippen LogP) is 1.16. The van der Waals surface area contributed by atoms with E-state index in [1.165, 1.54) is 24.3 Å². The Morgan fingerprint density at radius 2 is 2.00 bits per heavy atom. The molecule has 0 saturated heterocycles. The van der Waals surface area contributed by atoms with Crippen LogP contribution in [0.15, 0.2) is 30.3 Å². The molecule has 0 heterocycles. The summed E-state index contributed by atoms with van der Waals surface area (Å²) in [6.07, 6.45) is 2.68. The van der Waals surface area contributed by atoms with Gasteiger partial charge >= 0.3 is 5.97 Å². The molecule has 96 valence electrons. The number of carbonyl (C=O) groups excluding carboxylic acids is 1. The van der Waals surface area contributed by atoms with Crippen LogP contribution in [0.2, 0.25) is 0 Å². The topological polar surface area (TPSA) is 98.9 Å². The molecule has 0 radical (unpaired) electrons. The summed E-state index contributed by atoms with van der Waals surface area (Å²) in [5.41, 5.74) is 0.714. The molecule has 0 bridgehead atoms. The van der Waals surface area contributed by atoms with Gasteiger partial charge in [0.2, 0.25) is 0 Å². The van der Waals surface area contributed by atoms with Gasteiger partial charge in [-0.15, -0.1) is 10.1 Å². The van der Waals surface area contributed by atoms with Crippen LogP contribution in [-0.4, -0.2) is 29.4 Å².